The second kappa shape index (κ2) is 10.7. The van der Waals surface area contributed by atoms with E-state index in [4.69, 9.17) is 4.74 Å². The summed E-state index contributed by atoms with van der Waals surface area (Å²) in [5.74, 6) is -3.48. The third-order valence-corrected chi connectivity index (χ3v) is 5.45. The Bertz CT molecular complexity index is 1290. The molecular weight excluding hydrogens is 469 g/mol. The molecule has 2 aromatic heterocycles. The number of ketones is 1. The molecule has 1 N–H and O–H groups in total. The highest BCUT2D eigenvalue weighted by Gasteiger charge is 2.23. The number of carbonyl (C=O) groups excluding carboxylic acids is 1. The maximum atomic E-state index is 14.0. The van der Waals surface area contributed by atoms with Gasteiger partial charge in [0, 0.05) is 30.7 Å². The Balaban J connectivity index is 0.00000324. The van der Waals surface area contributed by atoms with Crippen molar-refractivity contribution in [2.45, 2.75) is 25.9 Å². The van der Waals surface area contributed by atoms with Gasteiger partial charge in [0.05, 0.1) is 17.9 Å². The van der Waals surface area contributed by atoms with E-state index in [0.29, 0.717) is 29.2 Å². The van der Waals surface area contributed by atoms with E-state index in [-0.39, 0.29) is 42.9 Å². The van der Waals surface area contributed by atoms with Crippen LogP contribution in [-0.4, -0.2) is 26.9 Å². The molecule has 34 heavy (non-hydrogen) atoms. The summed E-state index contributed by atoms with van der Waals surface area (Å²) in [4.78, 5) is 17.6. The molecule has 178 valence electrons. The lowest BCUT2D eigenvalue weighted by molar-refractivity contribution is 0.0953. The van der Waals surface area contributed by atoms with Gasteiger partial charge in [-0.2, -0.15) is 0 Å². The Hall–Kier alpha value is -3.36. The van der Waals surface area contributed by atoms with Gasteiger partial charge in [0.25, 0.3) is 0 Å². The van der Waals surface area contributed by atoms with Crippen molar-refractivity contribution in [1.29, 1.82) is 0 Å². The van der Waals surface area contributed by atoms with Crippen molar-refractivity contribution in [3.8, 4) is 5.75 Å². The number of hydrogen-bond acceptors (Lipinski definition) is 4. The van der Waals surface area contributed by atoms with Crippen LogP contribution < -0.4 is 4.74 Å². The zero-order chi connectivity index (χ0) is 23.5. The number of ether oxygens (including phenoxy) is 1. The number of rotatable bonds is 8. The molecule has 0 saturated heterocycles. The molecule has 2 aromatic carbocycles. The second-order valence-electron chi connectivity index (χ2n) is 7.67. The molecule has 9 heteroatoms. The Kier molecular flexibility index (Phi) is 7.96. The summed E-state index contributed by atoms with van der Waals surface area (Å²) >= 11 is 0. The number of pyridine rings is 1. The molecule has 4 rings (SSSR count). The number of aliphatic hydroxyl groups excluding tert-OH is 1. The lowest BCUT2D eigenvalue weighted by Crippen LogP contribution is -2.13. The van der Waals surface area contributed by atoms with Crippen LogP contribution in [0.1, 0.15) is 39.6 Å². The average molecular weight is 491 g/mol. The number of aromatic nitrogens is 2. The number of halogens is 4. The third-order valence-electron chi connectivity index (χ3n) is 5.45. The summed E-state index contributed by atoms with van der Waals surface area (Å²) in [7, 11) is 0. The van der Waals surface area contributed by atoms with Crippen molar-refractivity contribution < 1.29 is 27.8 Å². The molecule has 5 nitrogen and oxygen atoms in total. The van der Waals surface area contributed by atoms with Crippen LogP contribution in [0.15, 0.2) is 60.8 Å². The van der Waals surface area contributed by atoms with E-state index in [1.54, 1.807) is 29.7 Å². The number of benzene rings is 2. The molecule has 2 heterocycles. The first kappa shape index (κ1) is 25.3. The summed E-state index contributed by atoms with van der Waals surface area (Å²) in [6, 6.07) is 13.6. The molecule has 0 bridgehead atoms. The predicted molar refractivity (Wildman–Crippen MR) is 123 cm³/mol. The Morgan fingerprint density at radius 3 is 2.41 bits per heavy atom. The summed E-state index contributed by atoms with van der Waals surface area (Å²) in [5.41, 5.74) is 1.55. The minimum atomic E-state index is -1.05. The summed E-state index contributed by atoms with van der Waals surface area (Å²) < 4.78 is 48.2. The minimum Gasteiger partial charge on any atom is -0.485 e. The molecule has 0 amide bonds. The van der Waals surface area contributed by atoms with Crippen LogP contribution in [0.3, 0.4) is 0 Å². The van der Waals surface area contributed by atoms with Gasteiger partial charge in [-0.15, -0.1) is 12.4 Å². The molecule has 0 saturated carbocycles. The first-order valence-electron chi connectivity index (χ1n) is 10.3. The number of carbonyl (C=O) groups is 1. The summed E-state index contributed by atoms with van der Waals surface area (Å²) in [5, 5.41) is 9.81. The number of hydrogen-bond donors (Lipinski definition) is 1. The van der Waals surface area contributed by atoms with Crippen LogP contribution in [0, 0.1) is 24.4 Å². The van der Waals surface area contributed by atoms with Crippen molar-refractivity contribution in [2.75, 3.05) is 6.61 Å². The second-order valence-corrected chi connectivity index (χ2v) is 7.67. The van der Waals surface area contributed by atoms with Crippen LogP contribution in [0.25, 0.3) is 5.65 Å². The van der Waals surface area contributed by atoms with E-state index in [0.717, 1.165) is 5.56 Å². The van der Waals surface area contributed by atoms with Crippen LogP contribution in [-0.2, 0) is 6.61 Å². The predicted octanol–water partition coefficient (Wildman–Crippen LogP) is 5.41. The SMILES string of the molecule is Cc1nc2c(OCc3c(F)cc(F)cc3F)cccn2c1C(=O)C[C@@H](CO)c1ccccc1.Cl. The lowest BCUT2D eigenvalue weighted by atomic mass is 9.93. The van der Waals surface area contributed by atoms with Crippen LogP contribution in [0.4, 0.5) is 13.2 Å². The van der Waals surface area contributed by atoms with Gasteiger partial charge < -0.3 is 9.84 Å². The smallest absolute Gasteiger partial charge is 0.182 e. The molecule has 0 aliphatic rings. The van der Waals surface area contributed by atoms with E-state index in [9.17, 15) is 23.1 Å². The van der Waals surface area contributed by atoms with Crippen molar-refractivity contribution >= 4 is 23.8 Å². The average Bonchev–Trinajstić information content (AvgIpc) is 3.13. The first-order valence-corrected chi connectivity index (χ1v) is 10.3. The normalized spacial score (nSPS) is 11.8. The summed E-state index contributed by atoms with van der Waals surface area (Å²) in [6.07, 6.45) is 1.72. The standard InChI is InChI=1S/C25H21F3N2O3.ClH/c1-15-24(22(32)10-17(13-31)16-6-3-2-4-7-16)30-9-5-8-23(25(30)29-15)33-14-19-20(27)11-18(26)12-21(19)28;/h2-9,11-12,17,31H,10,13-14H2,1H3;1H/t17-;/m0./s1. The lowest BCUT2D eigenvalue weighted by Gasteiger charge is -2.14. The fraction of sp³-hybridized carbons (Fsp3) is 0.200. The molecule has 0 unspecified atom stereocenters. The van der Waals surface area contributed by atoms with Crippen LogP contribution >= 0.6 is 12.4 Å². The largest absolute Gasteiger partial charge is 0.485 e. The maximum absolute atomic E-state index is 14.0. The molecule has 4 aromatic rings. The number of Topliss-reactive ketones (excluding diaryl/α,β-unsaturated/α-hetero) is 1. The fourth-order valence-corrected chi connectivity index (χ4v) is 3.80. The molecular formula is C25H22ClF3N2O3. The topological polar surface area (TPSA) is 63.8 Å². The van der Waals surface area contributed by atoms with E-state index in [1.807, 2.05) is 30.3 Å². The molecule has 0 radical (unpaired) electrons. The molecule has 0 fully saturated rings. The van der Waals surface area contributed by atoms with Gasteiger partial charge in [-0.1, -0.05) is 30.3 Å². The molecule has 0 aliphatic carbocycles. The van der Waals surface area contributed by atoms with Crippen molar-refractivity contribution in [2.24, 2.45) is 0 Å². The number of aryl methyl sites for hydroxylation is 1. The Morgan fingerprint density at radius 1 is 1.09 bits per heavy atom. The Labute approximate surface area is 200 Å². The van der Waals surface area contributed by atoms with Crippen molar-refractivity contribution in [3.63, 3.8) is 0 Å². The van der Waals surface area contributed by atoms with Gasteiger partial charge in [-0.25, -0.2) is 18.2 Å². The van der Waals surface area contributed by atoms with Crippen molar-refractivity contribution in [3.05, 3.63) is 101 Å². The van der Waals surface area contributed by atoms with Crippen LogP contribution in [0.5, 0.6) is 5.75 Å². The van der Waals surface area contributed by atoms with E-state index < -0.39 is 29.6 Å². The van der Waals surface area contributed by atoms with E-state index in [1.165, 1.54) is 0 Å². The van der Waals surface area contributed by atoms with Gasteiger partial charge in [-0.3, -0.25) is 9.20 Å². The van der Waals surface area contributed by atoms with Gasteiger partial charge >= 0.3 is 0 Å². The number of nitrogens with zero attached hydrogens (tertiary/aromatic N) is 2. The highest BCUT2D eigenvalue weighted by atomic mass is 35.5. The van der Waals surface area contributed by atoms with E-state index in [2.05, 4.69) is 4.98 Å². The van der Waals surface area contributed by atoms with Gasteiger partial charge in [0.2, 0.25) is 0 Å². The highest BCUT2D eigenvalue weighted by molar-refractivity contribution is 5.97. The minimum absolute atomic E-state index is 0. The maximum Gasteiger partial charge on any atom is 0.182 e. The fourth-order valence-electron chi connectivity index (χ4n) is 3.80. The third kappa shape index (κ3) is 5.08. The molecule has 0 spiro atoms. The zero-order valence-corrected chi connectivity index (χ0v) is 19.0. The number of imidazole rings is 1. The molecule has 0 aliphatic heterocycles. The summed E-state index contributed by atoms with van der Waals surface area (Å²) in [6.45, 7) is 1.02. The number of fused-ring (bicyclic) bond motifs is 1. The number of aliphatic hydroxyl groups is 1. The quantitative estimate of drug-likeness (QED) is 0.335. The van der Waals surface area contributed by atoms with Crippen molar-refractivity contribution in [1.82, 2.24) is 9.38 Å². The van der Waals surface area contributed by atoms with Gasteiger partial charge in [-0.05, 0) is 24.6 Å². The molecule has 1 atom stereocenters. The van der Waals surface area contributed by atoms with Crippen LogP contribution in [0.2, 0.25) is 0 Å². The zero-order valence-electron chi connectivity index (χ0n) is 18.2. The Morgan fingerprint density at radius 2 is 1.76 bits per heavy atom. The van der Waals surface area contributed by atoms with Gasteiger partial charge in [0.15, 0.2) is 17.2 Å². The monoisotopic (exact) mass is 490 g/mol. The highest BCUT2D eigenvalue weighted by Crippen LogP contribution is 2.27. The first-order chi connectivity index (χ1) is 15.9. The van der Waals surface area contributed by atoms with Gasteiger partial charge in [0.1, 0.15) is 29.8 Å². The van der Waals surface area contributed by atoms with E-state index >= 15 is 0 Å².